The van der Waals surface area contributed by atoms with Gasteiger partial charge in [0.25, 0.3) is 6.29 Å². The molecule has 4 rings (SSSR count). The highest BCUT2D eigenvalue weighted by Crippen LogP contribution is 2.77. The molecule has 0 aromatic carbocycles. The maximum absolute atomic E-state index is 12.8. The fourth-order valence-corrected chi connectivity index (χ4v) is 5.39. The maximum atomic E-state index is 12.8. The second kappa shape index (κ2) is 4.42. The lowest BCUT2D eigenvalue weighted by molar-refractivity contribution is -0.176. The summed E-state index contributed by atoms with van der Waals surface area (Å²) in [5, 5.41) is 0. The molecule has 2 spiro atoms. The summed E-state index contributed by atoms with van der Waals surface area (Å²) in [6.07, 6.45) is -3.38. The largest absolute Gasteiger partial charge is 0.461 e. The van der Waals surface area contributed by atoms with Gasteiger partial charge in [0.2, 0.25) is 6.10 Å². The Hall–Kier alpha value is -2.38. The molecule has 4 aliphatic rings. The monoisotopic (exact) mass is 350 g/mol. The van der Waals surface area contributed by atoms with Gasteiger partial charge >= 0.3 is 23.9 Å². The lowest BCUT2D eigenvalue weighted by Gasteiger charge is -2.45. The van der Waals surface area contributed by atoms with Crippen LogP contribution in [-0.4, -0.2) is 42.4 Å². The summed E-state index contributed by atoms with van der Waals surface area (Å²) in [7, 11) is 0. The number of hydrogen-bond acceptors (Lipinski definition) is 8. The lowest BCUT2D eigenvalue weighted by atomic mass is 9.52. The molecule has 4 fully saturated rings. The molecule has 1 aliphatic carbocycles. The molecule has 0 bridgehead atoms. The quantitative estimate of drug-likeness (QED) is 0.406. The normalized spacial score (nSPS) is 46.7. The second-order valence-electron chi connectivity index (χ2n) is 7.48. The summed E-state index contributed by atoms with van der Waals surface area (Å²) in [5.41, 5.74) is -3.03. The second-order valence-corrected chi connectivity index (χ2v) is 7.48. The SMILES string of the molecule is C=C(C)[C@@]1(C)C[C@@H]2OC(=O)C[C@@]23C(=O)O[C@@H]2OC(=O)C(OC(C)=O)C213. The first kappa shape index (κ1) is 16.1. The van der Waals surface area contributed by atoms with Crippen LogP contribution < -0.4 is 0 Å². The Labute approximate surface area is 143 Å². The molecule has 0 aromatic heterocycles. The Balaban J connectivity index is 2.03. The first-order chi connectivity index (χ1) is 11.6. The van der Waals surface area contributed by atoms with Gasteiger partial charge in [0.1, 0.15) is 16.9 Å². The van der Waals surface area contributed by atoms with Gasteiger partial charge in [0.05, 0.1) is 6.42 Å². The first-order valence-electron chi connectivity index (χ1n) is 8.05. The van der Waals surface area contributed by atoms with Crippen LogP contribution in [0.5, 0.6) is 0 Å². The molecular weight excluding hydrogens is 332 g/mol. The van der Waals surface area contributed by atoms with Crippen LogP contribution in [0.1, 0.15) is 33.6 Å². The van der Waals surface area contributed by atoms with Crippen molar-refractivity contribution in [2.24, 2.45) is 16.2 Å². The molecule has 25 heavy (non-hydrogen) atoms. The molecule has 8 nitrogen and oxygen atoms in total. The summed E-state index contributed by atoms with van der Waals surface area (Å²) in [6, 6.07) is 0. The molecule has 3 saturated heterocycles. The minimum absolute atomic E-state index is 0.246. The van der Waals surface area contributed by atoms with Crippen molar-refractivity contribution in [1.29, 1.82) is 0 Å². The van der Waals surface area contributed by atoms with Crippen LogP contribution in [0, 0.1) is 16.2 Å². The van der Waals surface area contributed by atoms with Crippen molar-refractivity contribution in [3.8, 4) is 0 Å². The topological polar surface area (TPSA) is 105 Å². The average molecular weight is 350 g/mol. The minimum Gasteiger partial charge on any atom is -0.461 e. The standard InChI is InChI=1S/C17H18O8/c1-7(2)15(4)5-9-16(6-10(19)23-9)13(21)25-14-17(15,16)11(12(20)24-14)22-8(3)18/h9,11,14H,1,5-6H2,2-4H3/t9-,11?,14-,15+,16-,17?/m0/s1. The molecule has 3 heterocycles. The summed E-state index contributed by atoms with van der Waals surface area (Å²) in [6.45, 7) is 8.76. The summed E-state index contributed by atoms with van der Waals surface area (Å²) < 4.78 is 21.4. The Kier molecular flexibility index (Phi) is 2.85. The van der Waals surface area contributed by atoms with E-state index < -0.39 is 58.6 Å². The predicted molar refractivity (Wildman–Crippen MR) is 78.4 cm³/mol. The molecule has 2 unspecified atom stereocenters. The molecule has 0 amide bonds. The van der Waals surface area contributed by atoms with Crippen LogP contribution in [0.4, 0.5) is 0 Å². The Morgan fingerprint density at radius 2 is 1.88 bits per heavy atom. The van der Waals surface area contributed by atoms with E-state index in [9.17, 15) is 19.2 Å². The molecule has 8 heteroatoms. The maximum Gasteiger partial charge on any atom is 0.351 e. The van der Waals surface area contributed by atoms with E-state index in [0.29, 0.717) is 5.57 Å². The van der Waals surface area contributed by atoms with Crippen molar-refractivity contribution in [2.75, 3.05) is 0 Å². The van der Waals surface area contributed by atoms with E-state index in [1.807, 2.05) is 6.92 Å². The number of allylic oxidation sites excluding steroid dienone is 1. The van der Waals surface area contributed by atoms with E-state index in [2.05, 4.69) is 6.58 Å². The third-order valence-corrected chi connectivity index (χ3v) is 6.52. The van der Waals surface area contributed by atoms with E-state index in [1.54, 1.807) is 6.92 Å². The first-order valence-corrected chi connectivity index (χ1v) is 8.05. The van der Waals surface area contributed by atoms with Crippen molar-refractivity contribution in [1.82, 2.24) is 0 Å². The van der Waals surface area contributed by atoms with E-state index in [-0.39, 0.29) is 12.8 Å². The Morgan fingerprint density at radius 1 is 1.20 bits per heavy atom. The third-order valence-electron chi connectivity index (χ3n) is 6.52. The average Bonchev–Trinajstić information content (AvgIpc) is 3.08. The van der Waals surface area contributed by atoms with Gasteiger partial charge in [0, 0.05) is 12.3 Å². The summed E-state index contributed by atoms with van der Waals surface area (Å²) in [4.78, 5) is 49.0. The highest BCUT2D eigenvalue weighted by Gasteiger charge is 2.91. The minimum atomic E-state index is -1.44. The zero-order valence-corrected chi connectivity index (χ0v) is 14.1. The van der Waals surface area contributed by atoms with Crippen LogP contribution >= 0.6 is 0 Å². The van der Waals surface area contributed by atoms with Gasteiger partial charge in [0.15, 0.2) is 0 Å². The molecular formula is C17H18O8. The van der Waals surface area contributed by atoms with Gasteiger partial charge in [-0.15, -0.1) is 0 Å². The molecule has 6 atom stereocenters. The molecule has 1 saturated carbocycles. The van der Waals surface area contributed by atoms with Crippen molar-refractivity contribution >= 4 is 23.9 Å². The van der Waals surface area contributed by atoms with Crippen LogP contribution in [0.2, 0.25) is 0 Å². The molecule has 0 radical (unpaired) electrons. The van der Waals surface area contributed by atoms with Gasteiger partial charge < -0.3 is 18.9 Å². The predicted octanol–water partition coefficient (Wildman–Crippen LogP) is 0.632. The number of carbonyl (C=O) groups excluding carboxylic acids is 4. The molecule has 3 aliphatic heterocycles. The number of esters is 4. The number of ether oxygens (including phenoxy) is 4. The number of carbonyl (C=O) groups is 4. The van der Waals surface area contributed by atoms with Crippen molar-refractivity contribution < 1.29 is 38.1 Å². The lowest BCUT2D eigenvalue weighted by Crippen LogP contribution is -2.58. The van der Waals surface area contributed by atoms with E-state index in [4.69, 9.17) is 18.9 Å². The van der Waals surface area contributed by atoms with Crippen LogP contribution in [0.3, 0.4) is 0 Å². The summed E-state index contributed by atoms with van der Waals surface area (Å²) >= 11 is 0. The fourth-order valence-electron chi connectivity index (χ4n) is 5.39. The smallest absolute Gasteiger partial charge is 0.351 e. The highest BCUT2D eigenvalue weighted by atomic mass is 16.7. The van der Waals surface area contributed by atoms with Gasteiger partial charge in [-0.1, -0.05) is 19.1 Å². The molecule has 0 aromatic rings. The summed E-state index contributed by atoms with van der Waals surface area (Å²) in [5.74, 6) is -2.70. The van der Waals surface area contributed by atoms with Crippen LogP contribution in [0.25, 0.3) is 0 Å². The van der Waals surface area contributed by atoms with Gasteiger partial charge in [-0.3, -0.25) is 14.4 Å². The van der Waals surface area contributed by atoms with Gasteiger partial charge in [-0.05, 0) is 13.3 Å². The Bertz CT molecular complexity index is 756. The zero-order valence-electron chi connectivity index (χ0n) is 14.1. The molecule has 134 valence electrons. The van der Waals surface area contributed by atoms with E-state index in [1.165, 1.54) is 6.92 Å². The van der Waals surface area contributed by atoms with Crippen molar-refractivity contribution in [3.05, 3.63) is 12.2 Å². The number of hydrogen-bond donors (Lipinski definition) is 0. The van der Waals surface area contributed by atoms with E-state index in [0.717, 1.165) is 0 Å². The van der Waals surface area contributed by atoms with Gasteiger partial charge in [-0.2, -0.15) is 0 Å². The molecule has 0 N–H and O–H groups in total. The highest BCUT2D eigenvalue weighted by molar-refractivity contribution is 5.95. The van der Waals surface area contributed by atoms with Crippen molar-refractivity contribution in [2.45, 2.75) is 52.1 Å². The zero-order chi connectivity index (χ0) is 18.4. The van der Waals surface area contributed by atoms with Gasteiger partial charge in [-0.25, -0.2) is 4.79 Å². The Morgan fingerprint density at radius 3 is 2.48 bits per heavy atom. The third kappa shape index (κ3) is 1.46. The van der Waals surface area contributed by atoms with E-state index >= 15 is 0 Å². The fraction of sp³-hybridized carbons (Fsp3) is 0.647. The van der Waals surface area contributed by atoms with Crippen LogP contribution in [0.15, 0.2) is 12.2 Å². The number of rotatable bonds is 2. The van der Waals surface area contributed by atoms with Crippen molar-refractivity contribution in [3.63, 3.8) is 0 Å². The van der Waals surface area contributed by atoms with Crippen LogP contribution in [-0.2, 0) is 38.1 Å².